The van der Waals surface area contributed by atoms with Crippen molar-refractivity contribution in [1.82, 2.24) is 5.32 Å². The zero-order valence-corrected chi connectivity index (χ0v) is 22.1. The number of halogens is 4. The predicted molar refractivity (Wildman–Crippen MR) is 142 cm³/mol. The molecule has 2 amide bonds. The Labute approximate surface area is 233 Å². The van der Waals surface area contributed by atoms with Gasteiger partial charge < -0.3 is 20.1 Å². The van der Waals surface area contributed by atoms with E-state index in [9.17, 15) is 14.0 Å². The highest BCUT2D eigenvalue weighted by atomic mass is 35.5. The number of amides is 2. The first-order chi connectivity index (χ1) is 18.8. The summed E-state index contributed by atoms with van der Waals surface area (Å²) < 4.78 is 41.7. The Hall–Kier alpha value is -3.20. The third-order valence-electron chi connectivity index (χ3n) is 7.83. The van der Waals surface area contributed by atoms with Crippen LogP contribution in [0.15, 0.2) is 54.6 Å². The number of anilines is 1. The molecule has 3 heterocycles. The number of piperidine rings is 1. The zero-order valence-electron chi connectivity index (χ0n) is 20.6. The standard InChI is InChI=1S/C29H24Cl2F2N2O4/c30-15-2-6-25(39-18-7-9-38-10-8-18)20(11-15)27-29(21-4-1-16(31)12-24(21)34-28(29)37)22(14-26(36)35-27)19-13-17(32)3-5-23(19)33/h1-6,11-13,18,22,27H,7-10,14H2,(H,34,37)(H,35,36)/t22-,27+,29-/m0/s1. The minimum absolute atomic E-state index is 0.0678. The van der Waals surface area contributed by atoms with Crippen LogP contribution in [-0.2, 0) is 19.7 Å². The minimum Gasteiger partial charge on any atom is -0.490 e. The topological polar surface area (TPSA) is 76.7 Å². The van der Waals surface area contributed by atoms with Crippen LogP contribution >= 0.6 is 23.2 Å². The Bertz CT molecular complexity index is 1480. The molecule has 0 aliphatic carbocycles. The molecule has 3 aliphatic rings. The molecular formula is C29H24Cl2F2N2O4. The highest BCUT2D eigenvalue weighted by molar-refractivity contribution is 6.31. The number of carbonyl (C=O) groups excluding carboxylic acids is 2. The molecule has 202 valence electrons. The van der Waals surface area contributed by atoms with Crippen LogP contribution in [-0.4, -0.2) is 31.1 Å². The second-order valence-corrected chi connectivity index (χ2v) is 10.9. The molecule has 2 fully saturated rings. The van der Waals surface area contributed by atoms with E-state index in [2.05, 4.69) is 10.6 Å². The second-order valence-electron chi connectivity index (χ2n) is 10.0. The maximum absolute atomic E-state index is 15.4. The van der Waals surface area contributed by atoms with E-state index in [-0.39, 0.29) is 18.1 Å². The van der Waals surface area contributed by atoms with Gasteiger partial charge in [0.05, 0.1) is 19.3 Å². The first-order valence-electron chi connectivity index (χ1n) is 12.7. The first kappa shape index (κ1) is 26.0. The average Bonchev–Trinajstić information content (AvgIpc) is 3.19. The van der Waals surface area contributed by atoms with Gasteiger partial charge in [-0.1, -0.05) is 29.3 Å². The monoisotopic (exact) mass is 572 g/mol. The van der Waals surface area contributed by atoms with Gasteiger partial charge in [0.25, 0.3) is 0 Å². The lowest BCUT2D eigenvalue weighted by atomic mass is 9.59. The van der Waals surface area contributed by atoms with Crippen LogP contribution in [0, 0.1) is 11.6 Å². The van der Waals surface area contributed by atoms with E-state index in [4.69, 9.17) is 32.7 Å². The molecule has 3 atom stereocenters. The van der Waals surface area contributed by atoms with Crippen LogP contribution in [0.2, 0.25) is 10.0 Å². The smallest absolute Gasteiger partial charge is 0.238 e. The summed E-state index contributed by atoms with van der Waals surface area (Å²) in [6, 6.07) is 12.0. The Morgan fingerprint density at radius 3 is 2.46 bits per heavy atom. The van der Waals surface area contributed by atoms with E-state index in [0.717, 1.165) is 18.2 Å². The van der Waals surface area contributed by atoms with Gasteiger partial charge in [-0.2, -0.15) is 0 Å². The Morgan fingerprint density at radius 1 is 0.923 bits per heavy atom. The molecule has 3 aromatic carbocycles. The third kappa shape index (κ3) is 4.44. The molecule has 10 heteroatoms. The molecule has 39 heavy (non-hydrogen) atoms. The number of hydrogen-bond acceptors (Lipinski definition) is 4. The zero-order chi connectivity index (χ0) is 27.3. The fourth-order valence-electron chi connectivity index (χ4n) is 6.13. The lowest BCUT2D eigenvalue weighted by Gasteiger charge is -2.46. The molecule has 0 radical (unpaired) electrons. The van der Waals surface area contributed by atoms with Crippen molar-refractivity contribution in [2.45, 2.75) is 42.7 Å². The van der Waals surface area contributed by atoms with Gasteiger partial charge >= 0.3 is 0 Å². The average molecular weight is 573 g/mol. The molecule has 2 N–H and O–H groups in total. The van der Waals surface area contributed by atoms with Gasteiger partial charge in [-0.05, 0) is 59.7 Å². The van der Waals surface area contributed by atoms with Gasteiger partial charge in [-0.25, -0.2) is 8.78 Å². The van der Waals surface area contributed by atoms with Crippen molar-refractivity contribution in [2.75, 3.05) is 18.5 Å². The summed E-state index contributed by atoms with van der Waals surface area (Å²) in [7, 11) is 0. The molecule has 2 saturated heterocycles. The highest BCUT2D eigenvalue weighted by Crippen LogP contribution is 2.59. The van der Waals surface area contributed by atoms with Crippen LogP contribution in [0.25, 0.3) is 0 Å². The molecular weight excluding hydrogens is 549 g/mol. The third-order valence-corrected chi connectivity index (χ3v) is 8.30. The maximum Gasteiger partial charge on any atom is 0.238 e. The molecule has 3 aromatic rings. The van der Waals surface area contributed by atoms with E-state index in [1.54, 1.807) is 36.4 Å². The number of carbonyl (C=O) groups is 2. The molecule has 1 spiro atoms. The number of benzene rings is 3. The van der Waals surface area contributed by atoms with Crippen LogP contribution in [0.1, 0.15) is 47.9 Å². The normalized spacial score (nSPS) is 24.8. The van der Waals surface area contributed by atoms with Crippen molar-refractivity contribution in [3.63, 3.8) is 0 Å². The molecule has 6 nitrogen and oxygen atoms in total. The van der Waals surface area contributed by atoms with Gasteiger partial charge in [-0.15, -0.1) is 0 Å². The van der Waals surface area contributed by atoms with Crippen molar-refractivity contribution in [2.24, 2.45) is 0 Å². The number of nitrogens with one attached hydrogen (secondary N) is 2. The first-order valence-corrected chi connectivity index (χ1v) is 13.4. The minimum atomic E-state index is -1.57. The number of fused-ring (bicyclic) bond motifs is 2. The molecule has 3 aliphatic heterocycles. The van der Waals surface area contributed by atoms with Crippen LogP contribution in [0.3, 0.4) is 0 Å². The van der Waals surface area contributed by atoms with Crippen molar-refractivity contribution >= 4 is 40.7 Å². The van der Waals surface area contributed by atoms with Crippen molar-refractivity contribution in [3.8, 4) is 5.75 Å². The van der Waals surface area contributed by atoms with Crippen LogP contribution in [0.4, 0.5) is 14.5 Å². The highest BCUT2D eigenvalue weighted by Gasteiger charge is 2.62. The van der Waals surface area contributed by atoms with Gasteiger partial charge in [0.1, 0.15) is 28.9 Å². The van der Waals surface area contributed by atoms with Crippen molar-refractivity contribution < 1.29 is 27.8 Å². The van der Waals surface area contributed by atoms with Gasteiger partial charge in [0, 0.05) is 46.5 Å². The molecule has 6 rings (SSSR count). The lowest BCUT2D eigenvalue weighted by molar-refractivity contribution is -0.131. The maximum atomic E-state index is 15.4. The quantitative estimate of drug-likeness (QED) is 0.398. The Morgan fingerprint density at radius 2 is 1.67 bits per heavy atom. The second kappa shape index (κ2) is 10.1. The molecule has 0 saturated carbocycles. The molecule has 0 aromatic heterocycles. The van der Waals surface area contributed by atoms with Crippen molar-refractivity contribution in [1.29, 1.82) is 0 Å². The van der Waals surface area contributed by atoms with Gasteiger partial charge in [0.15, 0.2) is 0 Å². The Kier molecular flexibility index (Phi) is 6.73. The van der Waals surface area contributed by atoms with E-state index in [1.165, 1.54) is 0 Å². The summed E-state index contributed by atoms with van der Waals surface area (Å²) >= 11 is 12.7. The van der Waals surface area contributed by atoms with Crippen molar-refractivity contribution in [3.05, 3.63) is 93.0 Å². The lowest BCUT2D eigenvalue weighted by Crippen LogP contribution is -2.57. The van der Waals surface area contributed by atoms with E-state index in [0.29, 0.717) is 58.7 Å². The number of rotatable bonds is 4. The van der Waals surface area contributed by atoms with Gasteiger partial charge in [-0.3, -0.25) is 9.59 Å². The largest absolute Gasteiger partial charge is 0.490 e. The number of ether oxygens (including phenoxy) is 2. The SMILES string of the molecule is O=C1C[C@@H](c2cc(F)ccc2F)[C@]2(C(=O)Nc3cc(Cl)ccc32)[C@@H](c2cc(Cl)ccc2OC2CCOCC2)N1. The summed E-state index contributed by atoms with van der Waals surface area (Å²) in [6.45, 7) is 1.10. The summed E-state index contributed by atoms with van der Waals surface area (Å²) in [5, 5.41) is 6.61. The summed E-state index contributed by atoms with van der Waals surface area (Å²) in [5.41, 5.74) is -0.235. The molecule has 0 unspecified atom stereocenters. The molecule has 0 bridgehead atoms. The summed E-state index contributed by atoms with van der Waals surface area (Å²) in [6.07, 6.45) is 0.948. The fourth-order valence-corrected chi connectivity index (χ4v) is 6.48. The van der Waals surface area contributed by atoms with Gasteiger partial charge in [0.2, 0.25) is 11.8 Å². The number of hydrogen-bond donors (Lipinski definition) is 2. The van der Waals surface area contributed by atoms with Crippen LogP contribution < -0.4 is 15.4 Å². The predicted octanol–water partition coefficient (Wildman–Crippen LogP) is 6.06. The van der Waals surface area contributed by atoms with E-state index in [1.807, 2.05) is 0 Å². The summed E-state index contributed by atoms with van der Waals surface area (Å²) in [4.78, 5) is 27.4. The van der Waals surface area contributed by atoms with Crippen LogP contribution in [0.5, 0.6) is 5.75 Å². The fraction of sp³-hybridized carbons (Fsp3) is 0.310. The van der Waals surface area contributed by atoms with E-state index >= 15 is 4.39 Å². The Balaban J connectivity index is 1.59. The summed E-state index contributed by atoms with van der Waals surface area (Å²) in [5.74, 6) is -2.91. The van der Waals surface area contributed by atoms with E-state index < -0.39 is 40.8 Å².